The highest BCUT2D eigenvalue weighted by Gasteiger charge is 2.05. The molecule has 4 rings (SSSR count). The molecular weight excluding hydrogens is 358 g/mol. The number of aromatic nitrogens is 3. The maximum absolute atomic E-state index is 6.09. The third-order valence-corrected chi connectivity index (χ3v) is 4.71. The van der Waals surface area contributed by atoms with E-state index in [0.717, 1.165) is 35.6 Å². The van der Waals surface area contributed by atoms with Crippen LogP contribution in [0.5, 0.6) is 0 Å². The number of aromatic amines is 1. The fraction of sp³-hybridized carbons (Fsp3) is 0.143. The van der Waals surface area contributed by atoms with Crippen LogP contribution in [0, 0.1) is 6.92 Å². The molecule has 0 atom stereocenters. The van der Waals surface area contributed by atoms with E-state index in [1.165, 1.54) is 10.9 Å². The Kier molecular flexibility index (Phi) is 4.94. The summed E-state index contributed by atoms with van der Waals surface area (Å²) in [5.74, 6) is 1.32. The molecule has 0 spiro atoms. The third-order valence-electron chi connectivity index (χ3n) is 4.47. The second kappa shape index (κ2) is 7.68. The molecule has 0 bridgehead atoms. The van der Waals surface area contributed by atoms with Crippen LogP contribution in [0.3, 0.4) is 0 Å². The monoisotopic (exact) mass is 377 g/mol. The maximum atomic E-state index is 6.09. The quantitative estimate of drug-likeness (QED) is 0.425. The highest BCUT2D eigenvalue weighted by Crippen LogP contribution is 2.23. The molecule has 0 saturated carbocycles. The minimum atomic E-state index is 0.597. The number of para-hydroxylation sites is 1. The van der Waals surface area contributed by atoms with E-state index in [0.29, 0.717) is 11.0 Å². The van der Waals surface area contributed by atoms with Crippen LogP contribution in [0.1, 0.15) is 11.1 Å². The second-order valence-electron chi connectivity index (χ2n) is 6.39. The lowest BCUT2D eigenvalue weighted by Gasteiger charge is -2.10. The van der Waals surface area contributed by atoms with Gasteiger partial charge in [-0.1, -0.05) is 35.9 Å². The fourth-order valence-electron chi connectivity index (χ4n) is 3.03. The van der Waals surface area contributed by atoms with Gasteiger partial charge in [0, 0.05) is 40.6 Å². The maximum Gasteiger partial charge on any atom is 0.224 e. The predicted octanol–water partition coefficient (Wildman–Crippen LogP) is 5.32. The van der Waals surface area contributed by atoms with Crippen molar-refractivity contribution in [3.05, 3.63) is 77.1 Å². The molecule has 0 unspecified atom stereocenters. The molecule has 0 fully saturated rings. The van der Waals surface area contributed by atoms with Gasteiger partial charge in [0.25, 0.3) is 0 Å². The number of aryl methyl sites for hydroxylation is 1. The molecule has 4 aromatic rings. The Balaban J connectivity index is 1.41. The number of rotatable bonds is 6. The Labute approximate surface area is 162 Å². The van der Waals surface area contributed by atoms with Crippen molar-refractivity contribution in [2.24, 2.45) is 0 Å². The summed E-state index contributed by atoms with van der Waals surface area (Å²) in [6, 6.07) is 15.9. The first-order valence-electron chi connectivity index (χ1n) is 8.84. The zero-order valence-electron chi connectivity index (χ0n) is 15.0. The first-order chi connectivity index (χ1) is 13.2. The van der Waals surface area contributed by atoms with Gasteiger partial charge in [-0.25, -0.2) is 4.98 Å². The van der Waals surface area contributed by atoms with Crippen molar-refractivity contribution in [2.75, 3.05) is 17.2 Å². The van der Waals surface area contributed by atoms with Gasteiger partial charge in [-0.3, -0.25) is 0 Å². The second-order valence-corrected chi connectivity index (χ2v) is 6.82. The van der Waals surface area contributed by atoms with Crippen LogP contribution in [0.25, 0.3) is 10.9 Å². The minimum absolute atomic E-state index is 0.597. The average molecular weight is 378 g/mol. The minimum Gasteiger partial charge on any atom is -0.361 e. The van der Waals surface area contributed by atoms with Crippen LogP contribution < -0.4 is 10.6 Å². The first-order valence-corrected chi connectivity index (χ1v) is 9.22. The van der Waals surface area contributed by atoms with Crippen molar-refractivity contribution in [1.82, 2.24) is 15.0 Å². The van der Waals surface area contributed by atoms with Gasteiger partial charge >= 0.3 is 0 Å². The van der Waals surface area contributed by atoms with E-state index in [9.17, 15) is 0 Å². The van der Waals surface area contributed by atoms with Crippen LogP contribution in [0.2, 0.25) is 5.02 Å². The molecule has 0 saturated heterocycles. The van der Waals surface area contributed by atoms with Crippen LogP contribution in [0.15, 0.2) is 60.9 Å². The number of H-pyrrole nitrogens is 1. The van der Waals surface area contributed by atoms with Crippen molar-refractivity contribution in [3.63, 3.8) is 0 Å². The largest absolute Gasteiger partial charge is 0.361 e. The van der Waals surface area contributed by atoms with Crippen LogP contribution >= 0.6 is 11.6 Å². The lowest BCUT2D eigenvalue weighted by atomic mass is 10.1. The summed E-state index contributed by atoms with van der Waals surface area (Å²) >= 11 is 6.09. The lowest BCUT2D eigenvalue weighted by molar-refractivity contribution is 0.991. The number of fused-ring (bicyclic) bond motifs is 1. The molecule has 3 N–H and O–H groups in total. The van der Waals surface area contributed by atoms with Gasteiger partial charge in [0.05, 0.1) is 0 Å². The standard InChI is InChI=1S/C21H20ClN5/c1-14-6-7-16(22)12-19(14)26-20-9-11-24-21(27-20)23-10-8-15-13-25-18-5-3-2-4-17(15)18/h2-7,9,11-13,25H,8,10H2,1H3,(H2,23,24,26,27). The summed E-state index contributed by atoms with van der Waals surface area (Å²) in [4.78, 5) is 12.1. The molecule has 6 heteroatoms. The van der Waals surface area contributed by atoms with Crippen molar-refractivity contribution < 1.29 is 0 Å². The van der Waals surface area contributed by atoms with Crippen molar-refractivity contribution >= 4 is 40.0 Å². The summed E-state index contributed by atoms with van der Waals surface area (Å²) in [5, 5.41) is 8.54. The number of hydrogen-bond acceptors (Lipinski definition) is 4. The predicted molar refractivity (Wildman–Crippen MR) is 112 cm³/mol. The van der Waals surface area contributed by atoms with E-state index in [1.54, 1.807) is 6.20 Å². The Bertz CT molecular complexity index is 1070. The van der Waals surface area contributed by atoms with Gasteiger partial charge in [0.1, 0.15) is 5.82 Å². The van der Waals surface area contributed by atoms with E-state index in [2.05, 4.69) is 50.0 Å². The molecule has 2 aromatic heterocycles. The average Bonchev–Trinajstić information content (AvgIpc) is 3.08. The number of nitrogens with one attached hydrogen (secondary N) is 3. The van der Waals surface area contributed by atoms with Gasteiger partial charge in [0.2, 0.25) is 5.95 Å². The molecule has 0 aliphatic rings. The first kappa shape index (κ1) is 17.4. The van der Waals surface area contributed by atoms with E-state index >= 15 is 0 Å². The summed E-state index contributed by atoms with van der Waals surface area (Å²) < 4.78 is 0. The number of anilines is 3. The van der Waals surface area contributed by atoms with Gasteiger partial charge in [0.15, 0.2) is 0 Å². The topological polar surface area (TPSA) is 65.6 Å². The number of benzene rings is 2. The van der Waals surface area contributed by atoms with Crippen molar-refractivity contribution in [2.45, 2.75) is 13.3 Å². The molecule has 2 heterocycles. The van der Waals surface area contributed by atoms with E-state index in [4.69, 9.17) is 11.6 Å². The molecule has 2 aromatic carbocycles. The Morgan fingerprint density at radius 1 is 1.11 bits per heavy atom. The Morgan fingerprint density at radius 2 is 2.00 bits per heavy atom. The molecule has 0 aliphatic heterocycles. The highest BCUT2D eigenvalue weighted by atomic mass is 35.5. The summed E-state index contributed by atoms with van der Waals surface area (Å²) in [7, 11) is 0. The summed E-state index contributed by atoms with van der Waals surface area (Å²) in [6.45, 7) is 2.78. The third kappa shape index (κ3) is 4.04. The smallest absolute Gasteiger partial charge is 0.224 e. The molecule has 5 nitrogen and oxygen atoms in total. The van der Waals surface area contributed by atoms with Crippen molar-refractivity contribution in [1.29, 1.82) is 0 Å². The number of halogens is 1. The molecule has 0 radical (unpaired) electrons. The summed E-state index contributed by atoms with van der Waals surface area (Å²) in [6.07, 6.45) is 4.69. The molecular formula is C21H20ClN5. The SMILES string of the molecule is Cc1ccc(Cl)cc1Nc1ccnc(NCCc2c[nH]c3ccccc23)n1. The Hall–Kier alpha value is -3.05. The van der Waals surface area contributed by atoms with E-state index in [-0.39, 0.29) is 0 Å². The Morgan fingerprint density at radius 3 is 2.93 bits per heavy atom. The molecule has 136 valence electrons. The number of hydrogen-bond donors (Lipinski definition) is 3. The van der Waals surface area contributed by atoms with Gasteiger partial charge < -0.3 is 15.6 Å². The normalized spacial score (nSPS) is 10.9. The fourth-order valence-corrected chi connectivity index (χ4v) is 3.20. The van der Waals surface area contributed by atoms with Crippen LogP contribution in [-0.4, -0.2) is 21.5 Å². The van der Waals surface area contributed by atoms with E-state index in [1.807, 2.05) is 37.3 Å². The van der Waals surface area contributed by atoms with Gasteiger partial charge in [-0.15, -0.1) is 0 Å². The molecule has 27 heavy (non-hydrogen) atoms. The van der Waals surface area contributed by atoms with Gasteiger partial charge in [-0.2, -0.15) is 4.98 Å². The highest BCUT2D eigenvalue weighted by molar-refractivity contribution is 6.30. The van der Waals surface area contributed by atoms with Crippen molar-refractivity contribution in [3.8, 4) is 0 Å². The molecule has 0 aliphatic carbocycles. The van der Waals surface area contributed by atoms with Crippen LogP contribution in [0.4, 0.5) is 17.5 Å². The van der Waals surface area contributed by atoms with Gasteiger partial charge in [-0.05, 0) is 48.7 Å². The summed E-state index contributed by atoms with van der Waals surface area (Å²) in [5.41, 5.74) is 4.48. The zero-order chi connectivity index (χ0) is 18.6. The molecule has 0 amide bonds. The number of nitrogens with zero attached hydrogens (tertiary/aromatic N) is 2. The van der Waals surface area contributed by atoms with Crippen LogP contribution in [-0.2, 0) is 6.42 Å². The lowest BCUT2D eigenvalue weighted by Crippen LogP contribution is -2.08. The van der Waals surface area contributed by atoms with E-state index < -0.39 is 0 Å². The zero-order valence-corrected chi connectivity index (χ0v) is 15.7.